The summed E-state index contributed by atoms with van der Waals surface area (Å²) in [6.45, 7) is 0.916. The molecule has 1 aliphatic carbocycles. The predicted molar refractivity (Wildman–Crippen MR) is 68.9 cm³/mol. The van der Waals surface area contributed by atoms with E-state index >= 15 is 0 Å². The Kier molecular flexibility index (Phi) is 17.3. The quantitative estimate of drug-likeness (QED) is 0.493. The first kappa shape index (κ1) is 23.0. The van der Waals surface area contributed by atoms with Crippen molar-refractivity contribution in [1.29, 1.82) is 0 Å². The lowest BCUT2D eigenvalue weighted by molar-refractivity contribution is -0.133. The molecule has 85 valence electrons. The van der Waals surface area contributed by atoms with Crippen LogP contribution in [-0.2, 0) is 13.9 Å². The van der Waals surface area contributed by atoms with E-state index in [2.05, 4.69) is 26.2 Å². The Hall–Kier alpha value is 1.92. The molecular formula is C7H18Mg3O5P+2. The molecule has 0 aromatic carbocycles. The lowest BCUT2D eigenvalue weighted by atomic mass is 10.4. The van der Waals surface area contributed by atoms with Gasteiger partial charge in [0.1, 0.15) is 0 Å². The number of carbonyl (C=O) groups excluding carboxylic acids is 1. The van der Waals surface area contributed by atoms with Crippen molar-refractivity contribution >= 4 is 81.6 Å². The van der Waals surface area contributed by atoms with Gasteiger partial charge in [-0.1, -0.05) is 0 Å². The molecule has 9 heteroatoms. The van der Waals surface area contributed by atoms with Crippen molar-refractivity contribution < 1.29 is 23.7 Å². The van der Waals surface area contributed by atoms with Gasteiger partial charge in [-0.15, -0.1) is 0 Å². The molecule has 1 fully saturated rings. The summed E-state index contributed by atoms with van der Waals surface area (Å²) in [4.78, 5) is 25.5. The molecule has 5 nitrogen and oxygen atoms in total. The summed E-state index contributed by atoms with van der Waals surface area (Å²) in [6, 6.07) is 0. The maximum absolute atomic E-state index is 9.74. The Bertz CT molecular complexity index is 226. The van der Waals surface area contributed by atoms with Crippen LogP contribution in [0.25, 0.3) is 0 Å². The van der Waals surface area contributed by atoms with Gasteiger partial charge in [-0.2, -0.15) is 0 Å². The fourth-order valence-electron chi connectivity index (χ4n) is 1.18. The molecule has 0 heterocycles. The lowest BCUT2D eigenvalue weighted by Crippen LogP contribution is -1.94. The van der Waals surface area contributed by atoms with Crippen LogP contribution in [0.1, 0.15) is 32.6 Å². The van der Waals surface area contributed by atoms with E-state index < -0.39 is 13.8 Å². The topological polar surface area (TPSA) is 83.8 Å². The van der Waals surface area contributed by atoms with E-state index in [1.165, 1.54) is 25.7 Å². The Balaban J connectivity index is -0.000000192. The molecular weight excluding hydrogens is 268 g/mol. The summed E-state index contributed by atoms with van der Waals surface area (Å²) in [5.74, 6) is -0.988. The first-order chi connectivity index (χ1) is 6.31. The number of hydrogen-bond acceptors (Lipinski definition) is 3. The van der Waals surface area contributed by atoms with E-state index in [4.69, 9.17) is 9.79 Å². The van der Waals surface area contributed by atoms with Gasteiger partial charge in [-0.05, 0) is 12.8 Å². The summed E-state index contributed by atoms with van der Waals surface area (Å²) in [5.41, 5.74) is 0. The van der Waals surface area contributed by atoms with E-state index in [-0.39, 0.29) is 46.1 Å². The summed E-state index contributed by atoms with van der Waals surface area (Å²) in [6.07, 6.45) is 5.99. The van der Waals surface area contributed by atoms with Gasteiger partial charge in [0.2, 0.25) is 0 Å². The highest BCUT2D eigenvalue weighted by atomic mass is 31.2. The van der Waals surface area contributed by atoms with Gasteiger partial charge < -0.3 is 4.52 Å². The second-order valence-electron chi connectivity index (χ2n) is 3.22. The normalized spacial score (nSPS) is 15.0. The van der Waals surface area contributed by atoms with Crippen LogP contribution < -0.4 is 0 Å². The molecule has 0 spiro atoms. The summed E-state index contributed by atoms with van der Waals surface area (Å²) in [7, 11) is -4.57. The fourth-order valence-corrected chi connectivity index (χ4v) is 2.09. The van der Waals surface area contributed by atoms with Crippen molar-refractivity contribution in [3.05, 3.63) is 0 Å². The van der Waals surface area contributed by atoms with Crippen molar-refractivity contribution in [1.82, 2.24) is 0 Å². The SMILES string of the molecule is CC(=O)OP(=O)(O)O.[Mg+2][CH]1CCCC1.[MgH2].[MgH2]. The maximum Gasteiger partial charge on any atom is 1.42 e. The third kappa shape index (κ3) is 18.3. The highest BCUT2D eigenvalue weighted by Gasteiger charge is 2.43. The molecule has 0 aliphatic heterocycles. The smallest absolute Gasteiger partial charge is 0.371 e. The van der Waals surface area contributed by atoms with Gasteiger partial charge in [0.15, 0.2) is 0 Å². The van der Waals surface area contributed by atoms with Crippen molar-refractivity contribution in [2.24, 2.45) is 0 Å². The van der Waals surface area contributed by atoms with Crippen molar-refractivity contribution in [2.45, 2.75) is 36.7 Å². The molecule has 16 heavy (non-hydrogen) atoms. The minimum Gasteiger partial charge on any atom is -0.371 e. The van der Waals surface area contributed by atoms with Crippen LogP contribution in [0.3, 0.4) is 0 Å². The molecule has 1 rings (SSSR count). The molecule has 1 aliphatic rings. The van der Waals surface area contributed by atoms with Crippen LogP contribution >= 0.6 is 7.82 Å². The van der Waals surface area contributed by atoms with E-state index in [1.807, 2.05) is 0 Å². The van der Waals surface area contributed by atoms with Crippen LogP contribution in [0.15, 0.2) is 0 Å². The van der Waals surface area contributed by atoms with E-state index in [1.54, 1.807) is 0 Å². The molecule has 0 aromatic rings. The first-order valence-electron chi connectivity index (χ1n) is 4.40. The fraction of sp³-hybridized carbons (Fsp3) is 0.857. The van der Waals surface area contributed by atoms with Gasteiger partial charge in [-0.3, -0.25) is 14.6 Å². The average Bonchev–Trinajstić information content (AvgIpc) is 2.34. The van der Waals surface area contributed by atoms with Crippen LogP contribution in [-0.4, -0.2) is 83.6 Å². The number of carbonyl (C=O) groups is 1. The summed E-state index contributed by atoms with van der Waals surface area (Å²) >= 11 is 2.16. The van der Waals surface area contributed by atoms with E-state index in [9.17, 15) is 9.36 Å². The number of phosphoric ester groups is 1. The molecule has 0 aromatic heterocycles. The molecule has 0 bridgehead atoms. The molecule has 2 N–H and O–H groups in total. The third-order valence-electron chi connectivity index (χ3n) is 1.72. The van der Waals surface area contributed by atoms with E-state index in [0.717, 1.165) is 11.0 Å². The second kappa shape index (κ2) is 12.0. The minimum atomic E-state index is -4.57. The van der Waals surface area contributed by atoms with Gasteiger partial charge in [-0.25, -0.2) is 4.57 Å². The molecule has 0 atom stereocenters. The molecule has 1 saturated carbocycles. The monoisotopic (exact) mass is 285 g/mol. The standard InChI is InChI=1S/C5H9.C2H5O5P.3Mg.4H/c1-2-4-5-3-1;1-2(3)7-8(4,5)6;;;;;;;/h1H,2-5H2;1H3,(H2,4,5,6);;;;;;;/q;;;;+2;;;;. The molecule has 7 radical (unpaired) electrons. The largest absolute Gasteiger partial charge is 1.42 e. The molecule has 0 amide bonds. The Morgan fingerprint density at radius 2 is 1.69 bits per heavy atom. The zero-order valence-electron chi connectivity index (χ0n) is 8.18. The average molecular weight is 286 g/mol. The summed E-state index contributed by atoms with van der Waals surface area (Å²) < 4.78 is 14.2. The second-order valence-corrected chi connectivity index (χ2v) is 5.54. The first-order valence-corrected chi connectivity index (χ1v) is 6.74. The highest BCUT2D eigenvalue weighted by molar-refractivity contribution is 7.46. The van der Waals surface area contributed by atoms with Gasteiger partial charge in [0, 0.05) is 19.8 Å². The molecule has 0 unspecified atom stereocenters. The van der Waals surface area contributed by atoms with Crippen LogP contribution in [0, 0.1) is 0 Å². The molecule has 0 saturated heterocycles. The van der Waals surface area contributed by atoms with Crippen LogP contribution in [0.4, 0.5) is 0 Å². The van der Waals surface area contributed by atoms with Crippen molar-refractivity contribution in [3.8, 4) is 0 Å². The maximum atomic E-state index is 9.74. The van der Waals surface area contributed by atoms with Crippen LogP contribution in [0.2, 0.25) is 4.05 Å². The Morgan fingerprint density at radius 3 is 1.75 bits per heavy atom. The summed E-state index contributed by atoms with van der Waals surface area (Å²) in [5, 5.41) is 0. The lowest BCUT2D eigenvalue weighted by Gasteiger charge is -1.98. The van der Waals surface area contributed by atoms with Crippen LogP contribution in [0.5, 0.6) is 0 Å². The Labute approximate surface area is 140 Å². The predicted octanol–water partition coefficient (Wildman–Crippen LogP) is -0.673. The van der Waals surface area contributed by atoms with E-state index in [0.29, 0.717) is 0 Å². The highest BCUT2D eigenvalue weighted by Crippen LogP contribution is 2.35. The van der Waals surface area contributed by atoms with Crippen molar-refractivity contribution in [3.63, 3.8) is 0 Å². The van der Waals surface area contributed by atoms with Crippen molar-refractivity contribution in [2.75, 3.05) is 0 Å². The third-order valence-corrected chi connectivity index (χ3v) is 3.03. The number of rotatable bonds is 1. The zero-order chi connectivity index (χ0) is 11.2. The van der Waals surface area contributed by atoms with Gasteiger partial charge in [0.05, 0.1) is 0 Å². The number of hydrogen-bond donors (Lipinski definition) is 2. The Morgan fingerprint density at radius 1 is 1.31 bits per heavy atom. The van der Waals surface area contributed by atoms with Gasteiger partial charge >= 0.3 is 81.6 Å². The zero-order valence-corrected chi connectivity index (χ0v) is 10.5. The minimum absolute atomic E-state index is 0. The van der Waals surface area contributed by atoms with Gasteiger partial charge in [0.25, 0.3) is 4.05 Å². The number of phosphoric acid groups is 1.